The second-order valence-corrected chi connectivity index (χ2v) is 10.1. The topological polar surface area (TPSA) is 55.8 Å². The summed E-state index contributed by atoms with van der Waals surface area (Å²) in [4.78, 5) is 30.2. The molecule has 2 amide bonds. The lowest BCUT2D eigenvalue weighted by Crippen LogP contribution is -2.43. The molecule has 3 heterocycles. The van der Waals surface area contributed by atoms with Crippen molar-refractivity contribution in [2.24, 2.45) is 11.8 Å². The lowest BCUT2D eigenvalue weighted by atomic mass is 9.60. The van der Waals surface area contributed by atoms with Gasteiger partial charge in [0.15, 0.2) is 0 Å². The van der Waals surface area contributed by atoms with Crippen LogP contribution in [0.15, 0.2) is 96.3 Å². The number of fused-ring (bicyclic) bond motifs is 8. The molecule has 3 aliphatic heterocycles. The van der Waals surface area contributed by atoms with E-state index in [1.165, 1.54) is 4.90 Å². The lowest BCUT2D eigenvalue weighted by Gasteiger charge is -2.36. The quantitative estimate of drug-likeness (QED) is 0.295. The van der Waals surface area contributed by atoms with Crippen LogP contribution in [0.1, 0.15) is 49.8 Å². The lowest BCUT2D eigenvalue weighted by molar-refractivity contribution is -0.131. The molecule has 2 fully saturated rings. The number of amides is 2. The van der Waals surface area contributed by atoms with Crippen molar-refractivity contribution in [3.05, 3.63) is 113 Å². The average molecular weight is 494 g/mol. The molecule has 6 rings (SSSR count). The smallest absolute Gasteiger partial charge is 0.241 e. The predicted octanol–water partition coefficient (Wildman–Crippen LogP) is 6.09. The first-order chi connectivity index (χ1) is 18.0. The van der Waals surface area contributed by atoms with Gasteiger partial charge in [0.1, 0.15) is 11.2 Å². The van der Waals surface area contributed by atoms with Crippen LogP contribution in [0, 0.1) is 11.8 Å². The number of hydrogen-bond acceptors (Lipinski definition) is 4. The molecule has 3 aliphatic rings. The first kappa shape index (κ1) is 23.7. The van der Waals surface area contributed by atoms with Crippen LogP contribution in [-0.4, -0.2) is 18.9 Å². The average Bonchev–Trinajstić information content (AvgIpc) is 3.53. The molecule has 0 aromatic heterocycles. The molecule has 37 heavy (non-hydrogen) atoms. The highest BCUT2D eigenvalue weighted by molar-refractivity contribution is 6.24. The summed E-state index contributed by atoms with van der Waals surface area (Å²) in [5.41, 5.74) is 2.17. The third kappa shape index (κ3) is 3.01. The largest absolute Gasteiger partial charge is 0.501 e. The van der Waals surface area contributed by atoms with Gasteiger partial charge < -0.3 is 9.47 Å². The molecule has 0 radical (unpaired) electrons. The highest BCUT2D eigenvalue weighted by atomic mass is 16.5. The van der Waals surface area contributed by atoms with Crippen LogP contribution in [0.5, 0.6) is 0 Å². The predicted molar refractivity (Wildman–Crippen MR) is 142 cm³/mol. The second-order valence-electron chi connectivity index (χ2n) is 10.1. The summed E-state index contributed by atoms with van der Waals surface area (Å²) >= 11 is 0. The van der Waals surface area contributed by atoms with Crippen molar-refractivity contribution in [3.8, 4) is 0 Å². The minimum Gasteiger partial charge on any atom is -0.501 e. The van der Waals surface area contributed by atoms with Crippen LogP contribution in [-0.2, 0) is 30.3 Å². The van der Waals surface area contributed by atoms with Gasteiger partial charge in [-0.25, -0.2) is 4.90 Å². The molecule has 0 spiro atoms. The Balaban J connectivity index is 1.68. The Morgan fingerprint density at radius 1 is 0.865 bits per heavy atom. The van der Waals surface area contributed by atoms with Gasteiger partial charge in [0.05, 0.1) is 30.4 Å². The van der Waals surface area contributed by atoms with E-state index in [9.17, 15) is 9.59 Å². The van der Waals surface area contributed by atoms with E-state index < -0.39 is 23.0 Å². The second kappa shape index (κ2) is 8.70. The normalized spacial score (nSPS) is 28.2. The number of unbranched alkanes of at least 4 members (excludes halogenated alkanes) is 1. The highest BCUT2D eigenvalue weighted by Crippen LogP contribution is 2.71. The number of carbonyl (C=O) groups is 2. The Morgan fingerprint density at radius 3 is 2.11 bits per heavy atom. The number of para-hydroxylation sites is 1. The fourth-order valence-corrected chi connectivity index (χ4v) is 6.87. The standard InChI is InChI=1S/C32H31NO4/c1-4-5-18-24(21(2)36-3)32-26-20-13-12-19-25(26)31(37-32,22-14-8-6-9-15-22)27-28(32)30(35)33(29(27)34)23-16-10-7-11-17-23/h6-17,19-20,27-28H,4-5,18H2,1-3H3/b24-21+/t27?,28?,31-,32+/m0/s1. The number of ether oxygens (including phenoxy) is 2. The molecule has 2 bridgehead atoms. The molecule has 3 aromatic rings. The van der Waals surface area contributed by atoms with E-state index in [1.807, 2.05) is 79.7 Å². The van der Waals surface area contributed by atoms with Gasteiger partial charge in [-0.3, -0.25) is 9.59 Å². The number of allylic oxidation sites excluding steroid dienone is 1. The Bertz CT molecular complexity index is 1400. The van der Waals surface area contributed by atoms with Crippen LogP contribution in [0.3, 0.4) is 0 Å². The summed E-state index contributed by atoms with van der Waals surface area (Å²) in [7, 11) is 1.66. The number of benzene rings is 3. The maximum absolute atomic E-state index is 14.4. The summed E-state index contributed by atoms with van der Waals surface area (Å²) in [6.45, 7) is 4.09. The molecule has 3 aromatic carbocycles. The molecule has 2 unspecified atom stereocenters. The molecule has 0 N–H and O–H groups in total. The van der Waals surface area contributed by atoms with Crippen molar-refractivity contribution < 1.29 is 19.1 Å². The van der Waals surface area contributed by atoms with Crippen LogP contribution in [0.2, 0.25) is 0 Å². The summed E-state index contributed by atoms with van der Waals surface area (Å²) in [6.07, 6.45) is 2.62. The number of carbonyl (C=O) groups excluding carboxylic acids is 2. The third-order valence-corrected chi connectivity index (χ3v) is 8.41. The minimum atomic E-state index is -1.09. The molecule has 188 valence electrons. The van der Waals surface area contributed by atoms with E-state index in [2.05, 4.69) is 19.1 Å². The summed E-state index contributed by atoms with van der Waals surface area (Å²) in [6, 6.07) is 27.3. The van der Waals surface area contributed by atoms with Crippen LogP contribution < -0.4 is 4.90 Å². The van der Waals surface area contributed by atoms with Crippen molar-refractivity contribution in [1.82, 2.24) is 0 Å². The number of imide groups is 1. The van der Waals surface area contributed by atoms with E-state index in [0.717, 1.165) is 40.9 Å². The number of methoxy groups -OCH3 is 1. The summed E-state index contributed by atoms with van der Waals surface area (Å²) < 4.78 is 13.1. The number of anilines is 1. The number of hydrogen-bond donors (Lipinski definition) is 0. The number of nitrogens with zero attached hydrogens (tertiary/aromatic N) is 1. The van der Waals surface area contributed by atoms with E-state index in [0.29, 0.717) is 12.1 Å². The molecular formula is C32H31NO4. The van der Waals surface area contributed by atoms with Crippen LogP contribution in [0.25, 0.3) is 0 Å². The monoisotopic (exact) mass is 493 g/mol. The third-order valence-electron chi connectivity index (χ3n) is 8.41. The number of rotatable bonds is 7. The Morgan fingerprint density at radius 2 is 1.46 bits per heavy atom. The van der Waals surface area contributed by atoms with E-state index in [1.54, 1.807) is 7.11 Å². The zero-order chi connectivity index (χ0) is 25.8. The van der Waals surface area contributed by atoms with E-state index in [4.69, 9.17) is 9.47 Å². The maximum Gasteiger partial charge on any atom is 0.241 e. The van der Waals surface area contributed by atoms with Crippen molar-refractivity contribution >= 4 is 17.5 Å². The SMILES string of the molecule is CCCC/C(=C(/C)OC)[C@@]12O[C@@](c3ccccc3)(c3ccccc31)C1C(=O)N(c3ccccc3)C(=O)C12. The minimum absolute atomic E-state index is 0.216. The van der Waals surface area contributed by atoms with Crippen LogP contribution >= 0.6 is 0 Å². The van der Waals surface area contributed by atoms with Crippen molar-refractivity contribution in [1.29, 1.82) is 0 Å². The van der Waals surface area contributed by atoms with Gasteiger partial charge in [0.2, 0.25) is 11.8 Å². The molecule has 2 saturated heterocycles. The van der Waals surface area contributed by atoms with Crippen LogP contribution in [0.4, 0.5) is 5.69 Å². The molecule has 0 aliphatic carbocycles. The fourth-order valence-electron chi connectivity index (χ4n) is 6.87. The summed E-state index contributed by atoms with van der Waals surface area (Å²) in [5.74, 6) is -1.09. The van der Waals surface area contributed by atoms with Gasteiger partial charge in [-0.15, -0.1) is 0 Å². The van der Waals surface area contributed by atoms with Gasteiger partial charge in [0, 0.05) is 5.57 Å². The first-order valence-corrected chi connectivity index (χ1v) is 13.0. The van der Waals surface area contributed by atoms with Gasteiger partial charge in [-0.1, -0.05) is 86.1 Å². The zero-order valence-electron chi connectivity index (χ0n) is 21.4. The van der Waals surface area contributed by atoms with Gasteiger partial charge >= 0.3 is 0 Å². The summed E-state index contributed by atoms with van der Waals surface area (Å²) in [5, 5.41) is 0. The zero-order valence-corrected chi connectivity index (χ0v) is 21.4. The van der Waals surface area contributed by atoms with Crippen molar-refractivity contribution in [3.63, 3.8) is 0 Å². The van der Waals surface area contributed by atoms with E-state index >= 15 is 0 Å². The van der Waals surface area contributed by atoms with Crippen molar-refractivity contribution in [2.75, 3.05) is 12.0 Å². The van der Waals surface area contributed by atoms with Gasteiger partial charge in [-0.2, -0.15) is 0 Å². The first-order valence-electron chi connectivity index (χ1n) is 13.0. The van der Waals surface area contributed by atoms with Crippen molar-refractivity contribution in [2.45, 2.75) is 44.3 Å². The maximum atomic E-state index is 14.4. The molecule has 4 atom stereocenters. The highest BCUT2D eigenvalue weighted by Gasteiger charge is 2.79. The van der Waals surface area contributed by atoms with Gasteiger partial charge in [0.25, 0.3) is 0 Å². The Hall–Kier alpha value is -3.70. The fraction of sp³-hybridized carbons (Fsp3) is 0.312. The van der Waals surface area contributed by atoms with E-state index in [-0.39, 0.29) is 11.8 Å². The molecular weight excluding hydrogens is 462 g/mol. The van der Waals surface area contributed by atoms with Gasteiger partial charge in [-0.05, 0) is 48.6 Å². The Labute approximate surface area is 217 Å². The molecule has 5 heteroatoms. The molecule has 0 saturated carbocycles. The Kier molecular flexibility index (Phi) is 5.57. The molecule has 5 nitrogen and oxygen atoms in total.